The molecule has 1 amide bonds. The number of ether oxygens (including phenoxy) is 1. The number of hydrogen-bond acceptors (Lipinski definition) is 8. The fourth-order valence-corrected chi connectivity index (χ4v) is 5.08. The number of rotatable bonds is 5. The van der Waals surface area contributed by atoms with Gasteiger partial charge in [-0.05, 0) is 67.9 Å². The molecule has 9 nitrogen and oxygen atoms in total. The minimum atomic E-state index is -3.76. The molecule has 1 aromatic heterocycles. The molecule has 2 aromatic rings. The van der Waals surface area contributed by atoms with Crippen molar-refractivity contribution in [3.8, 4) is 11.3 Å². The maximum absolute atomic E-state index is 12.4. The number of hydrogen-bond donors (Lipinski definition) is 1. The van der Waals surface area contributed by atoms with Crippen LogP contribution in [0.15, 0.2) is 55.6 Å². The molecule has 0 spiro atoms. The van der Waals surface area contributed by atoms with Gasteiger partial charge >= 0.3 is 5.97 Å². The summed E-state index contributed by atoms with van der Waals surface area (Å²) < 4.78 is 33.7. The summed E-state index contributed by atoms with van der Waals surface area (Å²) in [7, 11) is -3.76. The molecule has 0 radical (unpaired) electrons. The first-order chi connectivity index (χ1) is 15.7. The van der Waals surface area contributed by atoms with Crippen LogP contribution in [0.4, 0.5) is 0 Å². The van der Waals surface area contributed by atoms with E-state index in [1.54, 1.807) is 37.3 Å². The molecule has 1 fully saturated rings. The number of primary sulfonamides is 1. The van der Waals surface area contributed by atoms with E-state index in [0.717, 1.165) is 0 Å². The van der Waals surface area contributed by atoms with Crippen LogP contribution in [0.5, 0.6) is 0 Å². The van der Waals surface area contributed by atoms with Crippen LogP contribution in [-0.4, -0.2) is 50.1 Å². The van der Waals surface area contributed by atoms with Gasteiger partial charge in [-0.2, -0.15) is 4.99 Å². The molecule has 3 heterocycles. The molecule has 1 saturated heterocycles. The van der Waals surface area contributed by atoms with Crippen LogP contribution < -0.4 is 5.14 Å². The SMILES string of the molecule is CCOC(=O)C1CCN(C2=NC(=O)/C(=C/c3ccc(-c4ccc(S(N)(=O)=O)cc4)o3)S2)CC1. The predicted molar refractivity (Wildman–Crippen MR) is 124 cm³/mol. The summed E-state index contributed by atoms with van der Waals surface area (Å²) in [6.45, 7) is 3.44. The maximum atomic E-state index is 12.4. The highest BCUT2D eigenvalue weighted by Crippen LogP contribution is 2.33. The van der Waals surface area contributed by atoms with Crippen molar-refractivity contribution in [1.29, 1.82) is 0 Å². The first kappa shape index (κ1) is 23.3. The second-order valence-corrected chi connectivity index (χ2v) is 10.2. The van der Waals surface area contributed by atoms with Gasteiger partial charge < -0.3 is 14.1 Å². The molecule has 0 saturated carbocycles. The number of amidine groups is 1. The van der Waals surface area contributed by atoms with Crippen LogP contribution in [0.25, 0.3) is 17.4 Å². The van der Waals surface area contributed by atoms with E-state index in [1.165, 1.54) is 23.9 Å². The van der Waals surface area contributed by atoms with E-state index >= 15 is 0 Å². The molecule has 1 aromatic carbocycles. The summed E-state index contributed by atoms with van der Waals surface area (Å²) in [5.74, 6) is 0.398. The van der Waals surface area contributed by atoms with Crippen molar-refractivity contribution in [1.82, 2.24) is 4.90 Å². The predicted octanol–water partition coefficient (Wildman–Crippen LogP) is 2.84. The Kier molecular flexibility index (Phi) is 6.73. The monoisotopic (exact) mass is 489 g/mol. The lowest BCUT2D eigenvalue weighted by molar-refractivity contribution is -0.149. The lowest BCUT2D eigenvalue weighted by Gasteiger charge is -2.31. The molecule has 0 aliphatic carbocycles. The molecule has 0 unspecified atom stereocenters. The summed E-state index contributed by atoms with van der Waals surface area (Å²) in [5.41, 5.74) is 0.680. The summed E-state index contributed by atoms with van der Waals surface area (Å²) in [6.07, 6.45) is 2.96. The van der Waals surface area contributed by atoms with Gasteiger partial charge in [0, 0.05) is 24.7 Å². The van der Waals surface area contributed by atoms with Crippen molar-refractivity contribution in [2.24, 2.45) is 16.0 Å². The summed E-state index contributed by atoms with van der Waals surface area (Å²) in [6, 6.07) is 9.50. The van der Waals surface area contributed by atoms with Crippen molar-refractivity contribution < 1.29 is 27.2 Å². The molecule has 2 aliphatic rings. The number of nitrogens with zero attached hydrogens (tertiary/aromatic N) is 2. The highest BCUT2D eigenvalue weighted by Gasteiger charge is 2.31. The van der Waals surface area contributed by atoms with Gasteiger partial charge in [-0.15, -0.1) is 0 Å². The van der Waals surface area contributed by atoms with E-state index in [1.807, 2.05) is 4.90 Å². The van der Waals surface area contributed by atoms with Gasteiger partial charge in [-0.1, -0.05) is 0 Å². The van der Waals surface area contributed by atoms with Gasteiger partial charge in [0.25, 0.3) is 5.91 Å². The summed E-state index contributed by atoms with van der Waals surface area (Å²) >= 11 is 1.28. The summed E-state index contributed by atoms with van der Waals surface area (Å²) in [5, 5.41) is 5.75. The highest BCUT2D eigenvalue weighted by molar-refractivity contribution is 8.18. The number of benzene rings is 1. The molecule has 0 atom stereocenters. The molecular weight excluding hydrogens is 466 g/mol. The van der Waals surface area contributed by atoms with Crippen LogP contribution in [0, 0.1) is 5.92 Å². The number of piperidine rings is 1. The number of likely N-dealkylation sites (tertiary alicyclic amines) is 1. The van der Waals surface area contributed by atoms with Gasteiger partial charge in [-0.3, -0.25) is 9.59 Å². The lowest BCUT2D eigenvalue weighted by atomic mass is 9.97. The summed E-state index contributed by atoms with van der Waals surface area (Å²) in [4.78, 5) is 31.0. The molecule has 174 valence electrons. The van der Waals surface area contributed by atoms with Gasteiger partial charge in [0.1, 0.15) is 11.5 Å². The molecule has 2 N–H and O–H groups in total. The maximum Gasteiger partial charge on any atom is 0.309 e. The Hall–Kier alpha value is -2.89. The van der Waals surface area contributed by atoms with E-state index in [-0.39, 0.29) is 22.7 Å². The standard InChI is InChI=1S/C22H23N3O6S2/c1-2-30-21(27)15-9-11-25(12-10-15)22-24-20(26)19(32-22)13-16-5-8-18(31-16)14-3-6-17(7-4-14)33(23,28)29/h3-8,13,15H,2,9-12H2,1H3,(H2,23,28,29)/b19-13-. The third-order valence-electron chi connectivity index (χ3n) is 5.36. The zero-order chi connectivity index (χ0) is 23.6. The van der Waals surface area contributed by atoms with Crippen molar-refractivity contribution in [3.63, 3.8) is 0 Å². The zero-order valence-electron chi connectivity index (χ0n) is 17.9. The number of aliphatic imine (C=N–C) groups is 1. The largest absolute Gasteiger partial charge is 0.466 e. The molecule has 2 aliphatic heterocycles. The zero-order valence-corrected chi connectivity index (χ0v) is 19.5. The van der Waals surface area contributed by atoms with E-state index in [2.05, 4.69) is 4.99 Å². The number of carbonyl (C=O) groups excluding carboxylic acids is 2. The van der Waals surface area contributed by atoms with Gasteiger partial charge in [0.2, 0.25) is 10.0 Å². The minimum Gasteiger partial charge on any atom is -0.466 e. The number of carbonyl (C=O) groups is 2. The van der Waals surface area contributed by atoms with Crippen LogP contribution in [0.3, 0.4) is 0 Å². The fraction of sp³-hybridized carbons (Fsp3) is 0.318. The van der Waals surface area contributed by atoms with Crippen molar-refractivity contribution in [3.05, 3.63) is 47.1 Å². The quantitative estimate of drug-likeness (QED) is 0.501. The van der Waals surface area contributed by atoms with Gasteiger partial charge in [0.15, 0.2) is 5.17 Å². The van der Waals surface area contributed by atoms with Crippen LogP contribution in [-0.2, 0) is 24.3 Å². The van der Waals surface area contributed by atoms with E-state index in [4.69, 9.17) is 14.3 Å². The number of amides is 1. The van der Waals surface area contributed by atoms with E-state index in [0.29, 0.717) is 59.7 Å². The third-order valence-corrected chi connectivity index (χ3v) is 7.34. The second kappa shape index (κ2) is 9.54. The first-order valence-corrected chi connectivity index (χ1v) is 12.8. The van der Waals surface area contributed by atoms with E-state index in [9.17, 15) is 18.0 Å². The Bertz CT molecular complexity index is 1220. The lowest BCUT2D eigenvalue weighted by Crippen LogP contribution is -2.39. The van der Waals surface area contributed by atoms with Crippen LogP contribution in [0.1, 0.15) is 25.5 Å². The normalized spacial score (nSPS) is 18.6. The average Bonchev–Trinajstić information content (AvgIpc) is 3.41. The smallest absolute Gasteiger partial charge is 0.309 e. The molecule has 4 rings (SSSR count). The topological polar surface area (TPSA) is 132 Å². The Morgan fingerprint density at radius 2 is 1.94 bits per heavy atom. The molecule has 33 heavy (non-hydrogen) atoms. The molecule has 11 heteroatoms. The molecule has 0 bridgehead atoms. The third kappa shape index (κ3) is 5.37. The minimum absolute atomic E-state index is 0.0177. The van der Waals surface area contributed by atoms with Crippen molar-refractivity contribution in [2.75, 3.05) is 19.7 Å². The van der Waals surface area contributed by atoms with E-state index < -0.39 is 10.0 Å². The Morgan fingerprint density at radius 3 is 2.58 bits per heavy atom. The number of sulfonamides is 1. The van der Waals surface area contributed by atoms with Crippen molar-refractivity contribution in [2.45, 2.75) is 24.7 Å². The Balaban J connectivity index is 1.40. The molecular formula is C22H23N3O6S2. The van der Waals surface area contributed by atoms with Crippen LogP contribution >= 0.6 is 11.8 Å². The highest BCUT2D eigenvalue weighted by atomic mass is 32.2. The van der Waals surface area contributed by atoms with Gasteiger partial charge in [0.05, 0.1) is 22.3 Å². The second-order valence-electron chi connectivity index (χ2n) is 7.59. The fourth-order valence-electron chi connectivity index (χ4n) is 3.62. The number of thioether (sulfide) groups is 1. The Morgan fingerprint density at radius 1 is 1.24 bits per heavy atom. The van der Waals surface area contributed by atoms with Crippen molar-refractivity contribution >= 4 is 44.9 Å². The van der Waals surface area contributed by atoms with Gasteiger partial charge in [-0.25, -0.2) is 13.6 Å². The number of furan rings is 1. The Labute approximate surface area is 195 Å². The number of nitrogens with two attached hydrogens (primary N) is 1. The van der Waals surface area contributed by atoms with Crippen LogP contribution in [0.2, 0.25) is 0 Å². The number of esters is 1. The first-order valence-electron chi connectivity index (χ1n) is 10.4. The average molecular weight is 490 g/mol.